The number of hydrogen-bond acceptors (Lipinski definition) is 3. The fourth-order valence-electron chi connectivity index (χ4n) is 5.79. The molecule has 2 aromatic heterocycles. The van der Waals surface area contributed by atoms with Gasteiger partial charge in [0.2, 0.25) is 0 Å². The SMILES string of the molecule is c1ccc(N(c2cccc3ccccc23)c2csc3cc(Nc4cccc5c4[nH]c4ccccc45)ccc23)cc1. The first-order valence-electron chi connectivity index (χ1n) is 13.4. The Bertz CT molecular complexity index is 2150. The summed E-state index contributed by atoms with van der Waals surface area (Å²) in [5.41, 5.74) is 7.94. The summed E-state index contributed by atoms with van der Waals surface area (Å²) in [4.78, 5) is 6.00. The van der Waals surface area contributed by atoms with E-state index in [4.69, 9.17) is 0 Å². The van der Waals surface area contributed by atoms with E-state index in [1.54, 1.807) is 11.3 Å². The smallest absolute Gasteiger partial charge is 0.0704 e. The molecule has 0 saturated carbocycles. The number of nitrogens with zero attached hydrogens (tertiary/aromatic N) is 1. The standard InChI is InChI=1S/C36H25N3S/c1-2-12-26(13-3-1)39(33-19-8-11-24-10-4-5-14-27(24)33)34-23-40-35-22-25(20-21-30(34)35)37-32-18-9-16-29-28-15-6-7-17-31(28)38-36(29)32/h1-23,37-38H. The maximum absolute atomic E-state index is 3.69. The molecule has 2 heterocycles. The molecule has 0 aliphatic heterocycles. The molecule has 0 fully saturated rings. The summed E-state index contributed by atoms with van der Waals surface area (Å²) in [7, 11) is 0. The van der Waals surface area contributed by atoms with Crippen molar-refractivity contribution in [3.8, 4) is 0 Å². The number of thiophene rings is 1. The second kappa shape index (κ2) is 9.30. The summed E-state index contributed by atoms with van der Waals surface area (Å²) in [5, 5.41) is 12.1. The van der Waals surface area contributed by atoms with E-state index in [2.05, 4.69) is 154 Å². The van der Waals surface area contributed by atoms with Gasteiger partial charge in [-0.25, -0.2) is 0 Å². The van der Waals surface area contributed by atoms with E-state index in [1.807, 2.05) is 0 Å². The average Bonchev–Trinajstić information content (AvgIpc) is 3.60. The molecule has 4 heteroatoms. The van der Waals surface area contributed by atoms with Crippen LogP contribution in [0.2, 0.25) is 0 Å². The van der Waals surface area contributed by atoms with Crippen molar-refractivity contribution in [1.82, 2.24) is 4.98 Å². The molecule has 0 amide bonds. The quantitative estimate of drug-likeness (QED) is 0.231. The molecule has 40 heavy (non-hydrogen) atoms. The van der Waals surface area contributed by atoms with Crippen LogP contribution in [0, 0.1) is 0 Å². The van der Waals surface area contributed by atoms with Gasteiger partial charge in [-0.15, -0.1) is 11.3 Å². The maximum atomic E-state index is 3.69. The number of para-hydroxylation sites is 3. The van der Waals surface area contributed by atoms with Crippen LogP contribution in [-0.2, 0) is 0 Å². The Hall–Kier alpha value is -5.06. The highest BCUT2D eigenvalue weighted by molar-refractivity contribution is 7.17. The lowest BCUT2D eigenvalue weighted by Crippen LogP contribution is -2.09. The van der Waals surface area contributed by atoms with Gasteiger partial charge in [-0.2, -0.15) is 0 Å². The van der Waals surface area contributed by atoms with Crippen molar-refractivity contribution in [3.05, 3.63) is 139 Å². The molecule has 190 valence electrons. The molecule has 8 rings (SSSR count). The van der Waals surface area contributed by atoms with Crippen LogP contribution in [0.25, 0.3) is 42.7 Å². The number of hydrogen-bond donors (Lipinski definition) is 2. The zero-order valence-electron chi connectivity index (χ0n) is 21.6. The topological polar surface area (TPSA) is 31.1 Å². The molecule has 0 unspecified atom stereocenters. The van der Waals surface area contributed by atoms with Crippen molar-refractivity contribution < 1.29 is 0 Å². The Morgan fingerprint density at radius 3 is 2.25 bits per heavy atom. The molecule has 3 nitrogen and oxygen atoms in total. The number of benzene rings is 6. The molecule has 2 N–H and O–H groups in total. The first-order valence-corrected chi connectivity index (χ1v) is 14.3. The minimum atomic E-state index is 1.07. The van der Waals surface area contributed by atoms with Crippen LogP contribution >= 0.6 is 11.3 Å². The van der Waals surface area contributed by atoms with Crippen LogP contribution in [0.3, 0.4) is 0 Å². The van der Waals surface area contributed by atoms with Crippen LogP contribution in [-0.4, -0.2) is 4.98 Å². The van der Waals surface area contributed by atoms with Crippen molar-refractivity contribution in [2.75, 3.05) is 10.2 Å². The summed E-state index contributed by atoms with van der Waals surface area (Å²) < 4.78 is 1.24. The largest absolute Gasteiger partial charge is 0.354 e. The van der Waals surface area contributed by atoms with Gasteiger partial charge in [-0.05, 0) is 53.9 Å². The minimum Gasteiger partial charge on any atom is -0.354 e. The Labute approximate surface area is 235 Å². The van der Waals surface area contributed by atoms with E-state index in [0.29, 0.717) is 0 Å². The van der Waals surface area contributed by atoms with Gasteiger partial charge in [0, 0.05) is 48.5 Å². The summed E-state index contributed by atoms with van der Waals surface area (Å²) in [6.45, 7) is 0. The van der Waals surface area contributed by atoms with Crippen LogP contribution in [0.1, 0.15) is 0 Å². The van der Waals surface area contributed by atoms with E-state index in [0.717, 1.165) is 28.1 Å². The Morgan fingerprint density at radius 2 is 1.32 bits per heavy atom. The van der Waals surface area contributed by atoms with E-state index < -0.39 is 0 Å². The van der Waals surface area contributed by atoms with Crippen molar-refractivity contribution in [1.29, 1.82) is 0 Å². The van der Waals surface area contributed by atoms with Crippen LogP contribution in [0.5, 0.6) is 0 Å². The van der Waals surface area contributed by atoms with E-state index in [9.17, 15) is 0 Å². The number of aromatic nitrogens is 1. The van der Waals surface area contributed by atoms with Crippen LogP contribution < -0.4 is 10.2 Å². The number of anilines is 5. The molecule has 0 atom stereocenters. The van der Waals surface area contributed by atoms with Crippen molar-refractivity contribution >= 4 is 82.4 Å². The highest BCUT2D eigenvalue weighted by atomic mass is 32.1. The number of H-pyrrole nitrogens is 1. The average molecular weight is 532 g/mol. The molecule has 0 aliphatic rings. The van der Waals surface area contributed by atoms with E-state index >= 15 is 0 Å². The number of fused-ring (bicyclic) bond motifs is 5. The van der Waals surface area contributed by atoms with Gasteiger partial charge in [-0.3, -0.25) is 0 Å². The molecule has 8 aromatic rings. The van der Waals surface area contributed by atoms with Gasteiger partial charge in [0.25, 0.3) is 0 Å². The lowest BCUT2D eigenvalue weighted by Gasteiger charge is -2.26. The zero-order valence-corrected chi connectivity index (χ0v) is 22.5. The maximum Gasteiger partial charge on any atom is 0.0704 e. The van der Waals surface area contributed by atoms with Gasteiger partial charge >= 0.3 is 0 Å². The van der Waals surface area contributed by atoms with E-state index in [1.165, 1.54) is 43.0 Å². The number of aromatic amines is 1. The number of rotatable bonds is 5. The molecule has 0 saturated heterocycles. The van der Waals surface area contributed by atoms with Gasteiger partial charge in [0.15, 0.2) is 0 Å². The van der Waals surface area contributed by atoms with Crippen LogP contribution in [0.4, 0.5) is 28.4 Å². The minimum absolute atomic E-state index is 1.07. The third-order valence-electron chi connectivity index (χ3n) is 7.64. The van der Waals surface area contributed by atoms with Crippen molar-refractivity contribution in [2.24, 2.45) is 0 Å². The summed E-state index contributed by atoms with van der Waals surface area (Å²) >= 11 is 1.78. The predicted octanol–water partition coefficient (Wildman–Crippen LogP) is 10.9. The Kier molecular flexibility index (Phi) is 5.32. The first-order chi connectivity index (χ1) is 19.8. The fraction of sp³-hybridized carbons (Fsp3) is 0. The van der Waals surface area contributed by atoms with E-state index in [-0.39, 0.29) is 0 Å². The lowest BCUT2D eigenvalue weighted by atomic mass is 10.1. The molecule has 0 radical (unpaired) electrons. The number of nitrogens with one attached hydrogen (secondary N) is 2. The predicted molar refractivity (Wildman–Crippen MR) is 173 cm³/mol. The summed E-state index contributed by atoms with van der Waals surface area (Å²) in [6.07, 6.45) is 0. The second-order valence-electron chi connectivity index (χ2n) is 10.0. The summed E-state index contributed by atoms with van der Waals surface area (Å²) in [6, 6.07) is 47.4. The Morgan fingerprint density at radius 1 is 0.575 bits per heavy atom. The third kappa shape index (κ3) is 3.73. The van der Waals surface area contributed by atoms with Gasteiger partial charge in [0.05, 0.1) is 22.6 Å². The third-order valence-corrected chi connectivity index (χ3v) is 8.57. The zero-order chi connectivity index (χ0) is 26.5. The highest BCUT2D eigenvalue weighted by Crippen LogP contribution is 2.45. The lowest BCUT2D eigenvalue weighted by molar-refractivity contribution is 1.32. The van der Waals surface area contributed by atoms with Crippen LogP contribution in [0.15, 0.2) is 139 Å². The van der Waals surface area contributed by atoms with Gasteiger partial charge in [0.1, 0.15) is 0 Å². The molecule has 0 bridgehead atoms. The normalized spacial score (nSPS) is 11.5. The second-order valence-corrected chi connectivity index (χ2v) is 10.9. The molecular weight excluding hydrogens is 506 g/mol. The van der Waals surface area contributed by atoms with Gasteiger partial charge in [-0.1, -0.05) is 84.9 Å². The van der Waals surface area contributed by atoms with Crippen molar-refractivity contribution in [2.45, 2.75) is 0 Å². The molecule has 6 aromatic carbocycles. The van der Waals surface area contributed by atoms with Gasteiger partial charge < -0.3 is 15.2 Å². The monoisotopic (exact) mass is 531 g/mol. The Balaban J connectivity index is 1.23. The molecule has 0 aliphatic carbocycles. The molecule has 0 spiro atoms. The molecular formula is C36H25N3S. The fourth-order valence-corrected chi connectivity index (χ4v) is 6.75. The highest BCUT2D eigenvalue weighted by Gasteiger charge is 2.19. The first kappa shape index (κ1) is 22.9. The summed E-state index contributed by atoms with van der Waals surface area (Å²) in [5.74, 6) is 0. The van der Waals surface area contributed by atoms with Crippen molar-refractivity contribution in [3.63, 3.8) is 0 Å².